The van der Waals surface area contributed by atoms with Crippen LogP contribution in [0.1, 0.15) is 11.4 Å². The first-order valence-corrected chi connectivity index (χ1v) is 9.75. The van der Waals surface area contributed by atoms with E-state index in [-0.39, 0.29) is 11.7 Å². The minimum Gasteiger partial charge on any atom is -0.492 e. The molecule has 7 nitrogen and oxygen atoms in total. The number of benzene rings is 1. The fourth-order valence-electron chi connectivity index (χ4n) is 2.49. The van der Waals surface area contributed by atoms with E-state index in [4.69, 9.17) is 16.3 Å². The summed E-state index contributed by atoms with van der Waals surface area (Å²) in [4.78, 5) is 18.3. The Morgan fingerprint density at radius 3 is 2.74 bits per heavy atom. The molecule has 3 aromatic rings. The van der Waals surface area contributed by atoms with Crippen LogP contribution in [-0.4, -0.2) is 56.3 Å². The molecule has 0 saturated heterocycles. The number of hydrogen-bond donors (Lipinski definition) is 0. The summed E-state index contributed by atoms with van der Waals surface area (Å²) < 4.78 is 7.48. The minimum absolute atomic E-state index is 0.00539. The third kappa shape index (κ3) is 4.90. The first kappa shape index (κ1) is 19.4. The van der Waals surface area contributed by atoms with Crippen LogP contribution in [0, 0.1) is 13.8 Å². The molecule has 0 radical (unpaired) electrons. The first-order chi connectivity index (χ1) is 12.9. The van der Waals surface area contributed by atoms with Crippen molar-refractivity contribution in [1.82, 2.24) is 24.5 Å². The Morgan fingerprint density at radius 1 is 1.26 bits per heavy atom. The van der Waals surface area contributed by atoms with Gasteiger partial charge in [0, 0.05) is 23.5 Å². The number of nitrogens with zero attached hydrogens (tertiary/aromatic N) is 5. The zero-order valence-electron chi connectivity index (χ0n) is 15.3. The van der Waals surface area contributed by atoms with Gasteiger partial charge in [-0.3, -0.25) is 9.20 Å². The van der Waals surface area contributed by atoms with Gasteiger partial charge >= 0.3 is 0 Å². The molecular formula is C18H20ClN5O2S. The minimum atomic E-state index is -0.00539. The largest absolute Gasteiger partial charge is 0.492 e. The van der Waals surface area contributed by atoms with Crippen molar-refractivity contribution in [3.05, 3.63) is 46.7 Å². The van der Waals surface area contributed by atoms with E-state index in [0.717, 1.165) is 17.1 Å². The number of ether oxygens (including phenoxy) is 1. The van der Waals surface area contributed by atoms with Gasteiger partial charge in [-0.2, -0.15) is 0 Å². The molecule has 3 rings (SSSR count). The van der Waals surface area contributed by atoms with Crippen LogP contribution in [0.15, 0.2) is 35.5 Å². The van der Waals surface area contributed by atoms with Gasteiger partial charge in [-0.1, -0.05) is 23.4 Å². The molecule has 0 atom stereocenters. The summed E-state index contributed by atoms with van der Waals surface area (Å²) in [6.45, 7) is 4.78. The number of rotatable bonds is 7. The van der Waals surface area contributed by atoms with E-state index in [1.54, 1.807) is 36.2 Å². The molecule has 0 unspecified atom stereocenters. The second kappa shape index (κ2) is 8.58. The zero-order chi connectivity index (χ0) is 19.4. The van der Waals surface area contributed by atoms with Gasteiger partial charge in [0.1, 0.15) is 12.4 Å². The summed E-state index contributed by atoms with van der Waals surface area (Å²) in [5.41, 5.74) is 1.88. The number of fused-ring (bicyclic) bond motifs is 1. The van der Waals surface area contributed by atoms with Crippen molar-refractivity contribution in [1.29, 1.82) is 0 Å². The highest BCUT2D eigenvalue weighted by molar-refractivity contribution is 7.99. The number of aryl methyl sites for hydroxylation is 2. The second-order valence-corrected chi connectivity index (χ2v) is 7.44. The van der Waals surface area contributed by atoms with Crippen molar-refractivity contribution in [3.63, 3.8) is 0 Å². The van der Waals surface area contributed by atoms with Crippen molar-refractivity contribution in [2.24, 2.45) is 0 Å². The molecule has 9 heteroatoms. The normalized spacial score (nSPS) is 11.0. The molecule has 2 aromatic heterocycles. The van der Waals surface area contributed by atoms with Gasteiger partial charge in [0.05, 0.1) is 12.3 Å². The summed E-state index contributed by atoms with van der Waals surface area (Å²) in [7, 11) is 1.76. The van der Waals surface area contributed by atoms with Gasteiger partial charge in [0.2, 0.25) is 5.91 Å². The second-order valence-electron chi connectivity index (χ2n) is 6.06. The fourth-order valence-corrected chi connectivity index (χ4v) is 3.54. The van der Waals surface area contributed by atoms with Crippen molar-refractivity contribution >= 4 is 35.0 Å². The predicted molar refractivity (Wildman–Crippen MR) is 106 cm³/mol. The van der Waals surface area contributed by atoms with Crippen LogP contribution in [-0.2, 0) is 4.79 Å². The number of aromatic nitrogens is 4. The predicted octanol–water partition coefficient (Wildman–Crippen LogP) is 3.02. The lowest BCUT2D eigenvalue weighted by Gasteiger charge is -2.17. The van der Waals surface area contributed by atoms with Crippen LogP contribution in [0.4, 0.5) is 0 Å². The highest BCUT2D eigenvalue weighted by atomic mass is 35.5. The lowest BCUT2D eigenvalue weighted by molar-refractivity contribution is -0.127. The third-order valence-electron chi connectivity index (χ3n) is 3.92. The number of carbonyl (C=O) groups is 1. The molecule has 0 aliphatic carbocycles. The molecule has 0 N–H and O–H groups in total. The van der Waals surface area contributed by atoms with Crippen molar-refractivity contribution in [2.45, 2.75) is 19.0 Å². The maximum atomic E-state index is 12.4. The van der Waals surface area contributed by atoms with E-state index in [9.17, 15) is 4.79 Å². The van der Waals surface area contributed by atoms with Gasteiger partial charge in [-0.25, -0.2) is 4.98 Å². The zero-order valence-corrected chi connectivity index (χ0v) is 16.9. The Labute approximate surface area is 166 Å². The molecule has 0 spiro atoms. The summed E-state index contributed by atoms with van der Waals surface area (Å²) in [5.74, 6) is 1.54. The van der Waals surface area contributed by atoms with Crippen LogP contribution in [0.5, 0.6) is 5.75 Å². The van der Waals surface area contributed by atoms with Crippen LogP contribution < -0.4 is 4.74 Å². The van der Waals surface area contributed by atoms with Gasteiger partial charge in [0.25, 0.3) is 5.78 Å². The number of carbonyl (C=O) groups excluding carboxylic acids is 1. The van der Waals surface area contributed by atoms with E-state index in [1.165, 1.54) is 11.8 Å². The highest BCUT2D eigenvalue weighted by Gasteiger charge is 2.14. The van der Waals surface area contributed by atoms with Crippen molar-refractivity contribution < 1.29 is 9.53 Å². The number of hydrogen-bond acceptors (Lipinski definition) is 6. The maximum absolute atomic E-state index is 12.4. The molecular weight excluding hydrogens is 386 g/mol. The van der Waals surface area contributed by atoms with E-state index in [1.807, 2.05) is 24.3 Å². The van der Waals surface area contributed by atoms with Crippen molar-refractivity contribution in [2.75, 3.05) is 26.0 Å². The highest BCUT2D eigenvalue weighted by Crippen LogP contribution is 2.19. The molecule has 0 aliphatic heterocycles. The number of likely N-dealkylation sites (N-methyl/N-ethyl adjacent to an activating group) is 1. The maximum Gasteiger partial charge on any atom is 0.256 e. The van der Waals surface area contributed by atoms with Crippen LogP contribution in [0.3, 0.4) is 0 Å². The molecule has 0 fully saturated rings. The van der Waals surface area contributed by atoms with Gasteiger partial charge in [0.15, 0.2) is 5.16 Å². The number of amides is 1. The Bertz CT molecular complexity index is 945. The molecule has 1 amide bonds. The number of thioether (sulfide) groups is 1. The third-order valence-corrected chi connectivity index (χ3v) is 5.09. The molecule has 0 bridgehead atoms. The smallest absolute Gasteiger partial charge is 0.256 e. The molecule has 0 aliphatic rings. The van der Waals surface area contributed by atoms with E-state index >= 15 is 0 Å². The van der Waals surface area contributed by atoms with Gasteiger partial charge < -0.3 is 9.64 Å². The fraction of sp³-hybridized carbons (Fsp3) is 0.333. The van der Waals surface area contributed by atoms with E-state index < -0.39 is 0 Å². The monoisotopic (exact) mass is 405 g/mol. The Balaban J connectivity index is 1.51. The van der Waals surface area contributed by atoms with Gasteiger partial charge in [-0.05, 0) is 44.2 Å². The van der Waals surface area contributed by atoms with Crippen LogP contribution >= 0.6 is 23.4 Å². The number of halogens is 1. The molecule has 2 heterocycles. The summed E-state index contributed by atoms with van der Waals surface area (Å²) >= 11 is 7.19. The molecule has 27 heavy (non-hydrogen) atoms. The Morgan fingerprint density at radius 2 is 2.00 bits per heavy atom. The van der Waals surface area contributed by atoms with Gasteiger partial charge in [-0.15, -0.1) is 10.2 Å². The molecule has 142 valence electrons. The Hall–Kier alpha value is -2.32. The average Bonchev–Trinajstić information content (AvgIpc) is 3.04. The quantitative estimate of drug-likeness (QED) is 0.562. The average molecular weight is 406 g/mol. The molecule has 0 saturated carbocycles. The van der Waals surface area contributed by atoms with E-state index in [0.29, 0.717) is 29.1 Å². The Kier molecular flexibility index (Phi) is 6.18. The SMILES string of the molecule is Cc1cc(C)n2c(SCC(=O)N(C)CCOc3ccc(Cl)cc3)nnc2n1. The lowest BCUT2D eigenvalue weighted by Crippen LogP contribution is -2.32. The first-order valence-electron chi connectivity index (χ1n) is 8.38. The van der Waals surface area contributed by atoms with Crippen LogP contribution in [0.2, 0.25) is 5.02 Å². The summed E-state index contributed by atoms with van der Waals surface area (Å²) in [6, 6.07) is 9.10. The lowest BCUT2D eigenvalue weighted by atomic mass is 10.3. The topological polar surface area (TPSA) is 72.6 Å². The summed E-state index contributed by atoms with van der Waals surface area (Å²) in [5, 5.41) is 9.55. The standard InChI is InChI=1S/C18H20ClN5O2S/c1-12-10-13(2)24-17(20-12)21-22-18(24)27-11-16(25)23(3)8-9-26-15-6-4-14(19)5-7-15/h4-7,10H,8-9,11H2,1-3H3. The molecule has 1 aromatic carbocycles. The van der Waals surface area contributed by atoms with Crippen molar-refractivity contribution in [3.8, 4) is 5.75 Å². The summed E-state index contributed by atoms with van der Waals surface area (Å²) in [6.07, 6.45) is 0. The van der Waals surface area contributed by atoms with E-state index in [2.05, 4.69) is 15.2 Å². The van der Waals surface area contributed by atoms with Crippen LogP contribution in [0.25, 0.3) is 5.78 Å².